The second-order valence-corrected chi connectivity index (χ2v) is 5.19. The summed E-state index contributed by atoms with van der Waals surface area (Å²) >= 11 is 1.79. The molecular formula is C12H20N2S. The summed E-state index contributed by atoms with van der Waals surface area (Å²) in [6, 6.07) is 0.388. The fourth-order valence-electron chi connectivity index (χ4n) is 1.72. The van der Waals surface area contributed by atoms with E-state index in [1.807, 2.05) is 0 Å². The summed E-state index contributed by atoms with van der Waals surface area (Å²) in [5, 5.41) is 4.64. The molecule has 0 fully saturated rings. The Labute approximate surface area is 96.4 Å². The van der Waals surface area contributed by atoms with Crippen molar-refractivity contribution < 1.29 is 0 Å². The predicted octanol–water partition coefficient (Wildman–Crippen LogP) is 3.38. The minimum absolute atomic E-state index is 0.388. The molecule has 1 atom stereocenters. The quantitative estimate of drug-likeness (QED) is 0.776. The van der Waals surface area contributed by atoms with E-state index in [9.17, 15) is 0 Å². The van der Waals surface area contributed by atoms with Crippen LogP contribution >= 0.6 is 11.3 Å². The summed E-state index contributed by atoms with van der Waals surface area (Å²) < 4.78 is 0. The minimum atomic E-state index is 0.388. The van der Waals surface area contributed by atoms with Crippen molar-refractivity contribution in [3.05, 3.63) is 27.7 Å². The van der Waals surface area contributed by atoms with Crippen LogP contribution in [0.5, 0.6) is 0 Å². The van der Waals surface area contributed by atoms with Crippen LogP contribution in [0.2, 0.25) is 0 Å². The van der Waals surface area contributed by atoms with Gasteiger partial charge in [-0.3, -0.25) is 0 Å². The van der Waals surface area contributed by atoms with Gasteiger partial charge in [0, 0.05) is 10.9 Å². The van der Waals surface area contributed by atoms with Gasteiger partial charge >= 0.3 is 0 Å². The van der Waals surface area contributed by atoms with Crippen molar-refractivity contribution in [2.75, 3.05) is 6.54 Å². The first-order valence-electron chi connectivity index (χ1n) is 5.36. The van der Waals surface area contributed by atoms with E-state index in [2.05, 4.69) is 44.6 Å². The molecule has 84 valence electrons. The molecule has 0 aliphatic heterocycles. The Morgan fingerprint density at radius 3 is 2.60 bits per heavy atom. The Kier molecular flexibility index (Phi) is 4.48. The lowest BCUT2D eigenvalue weighted by Crippen LogP contribution is -2.20. The van der Waals surface area contributed by atoms with Gasteiger partial charge in [0.05, 0.1) is 10.7 Å². The van der Waals surface area contributed by atoms with Gasteiger partial charge in [-0.05, 0) is 33.7 Å². The fourth-order valence-corrected chi connectivity index (χ4v) is 2.73. The third kappa shape index (κ3) is 3.43. The number of aromatic nitrogens is 1. The molecule has 0 bridgehead atoms. The normalized spacial score (nSPS) is 12.8. The van der Waals surface area contributed by atoms with Gasteiger partial charge in [0.15, 0.2) is 0 Å². The zero-order valence-electron chi connectivity index (χ0n) is 10.1. The Bertz CT molecular complexity index is 341. The highest BCUT2D eigenvalue weighted by molar-refractivity contribution is 7.11. The lowest BCUT2D eigenvalue weighted by atomic mass is 10.1. The van der Waals surface area contributed by atoms with E-state index in [0.717, 1.165) is 23.7 Å². The van der Waals surface area contributed by atoms with Crippen molar-refractivity contribution in [3.8, 4) is 0 Å². The van der Waals surface area contributed by atoms with Crippen molar-refractivity contribution in [2.24, 2.45) is 0 Å². The third-order valence-corrected chi connectivity index (χ3v) is 3.45. The van der Waals surface area contributed by atoms with E-state index in [1.165, 1.54) is 10.5 Å². The number of nitrogens with one attached hydrogen (secondary N) is 1. The van der Waals surface area contributed by atoms with E-state index in [0.29, 0.717) is 6.04 Å². The number of hydrogen-bond donors (Lipinski definition) is 1. The topological polar surface area (TPSA) is 24.9 Å². The SMILES string of the molecule is C=C(C)CC(NCC)c1sc(C)nc1C. The Hall–Kier alpha value is -0.670. The van der Waals surface area contributed by atoms with Crippen molar-refractivity contribution >= 4 is 11.3 Å². The molecule has 1 aromatic rings. The van der Waals surface area contributed by atoms with E-state index in [1.54, 1.807) is 11.3 Å². The average molecular weight is 224 g/mol. The van der Waals surface area contributed by atoms with Crippen molar-refractivity contribution in [1.82, 2.24) is 10.3 Å². The van der Waals surface area contributed by atoms with Gasteiger partial charge in [-0.25, -0.2) is 4.98 Å². The van der Waals surface area contributed by atoms with Crippen molar-refractivity contribution in [3.63, 3.8) is 0 Å². The van der Waals surface area contributed by atoms with Gasteiger partial charge in [0.2, 0.25) is 0 Å². The molecular weight excluding hydrogens is 204 g/mol. The molecule has 0 saturated carbocycles. The number of aryl methyl sites for hydroxylation is 2. The largest absolute Gasteiger partial charge is 0.309 e. The van der Waals surface area contributed by atoms with Crippen LogP contribution in [0, 0.1) is 13.8 Å². The number of hydrogen-bond acceptors (Lipinski definition) is 3. The van der Waals surface area contributed by atoms with Gasteiger partial charge in [0.1, 0.15) is 0 Å². The first-order valence-corrected chi connectivity index (χ1v) is 6.18. The second kappa shape index (κ2) is 5.42. The molecule has 15 heavy (non-hydrogen) atoms. The van der Waals surface area contributed by atoms with Gasteiger partial charge in [0.25, 0.3) is 0 Å². The minimum Gasteiger partial charge on any atom is -0.309 e. The van der Waals surface area contributed by atoms with Gasteiger partial charge < -0.3 is 5.32 Å². The summed E-state index contributed by atoms with van der Waals surface area (Å²) in [7, 11) is 0. The molecule has 0 radical (unpaired) electrons. The monoisotopic (exact) mass is 224 g/mol. The van der Waals surface area contributed by atoms with Crippen molar-refractivity contribution in [1.29, 1.82) is 0 Å². The van der Waals surface area contributed by atoms with Crippen LogP contribution in [-0.4, -0.2) is 11.5 Å². The van der Waals surface area contributed by atoms with E-state index in [4.69, 9.17) is 0 Å². The standard InChI is InChI=1S/C12H20N2S/c1-6-13-11(7-8(2)3)12-9(4)14-10(5)15-12/h11,13H,2,6-7H2,1,3-5H3. The van der Waals surface area contributed by atoms with Crippen LogP contribution in [0.3, 0.4) is 0 Å². The highest BCUT2D eigenvalue weighted by atomic mass is 32.1. The molecule has 0 aliphatic carbocycles. The molecule has 1 heterocycles. The van der Waals surface area contributed by atoms with Gasteiger partial charge in [-0.2, -0.15) is 0 Å². The molecule has 3 heteroatoms. The summed E-state index contributed by atoms with van der Waals surface area (Å²) in [6.07, 6.45) is 0.996. The van der Waals surface area contributed by atoms with Gasteiger partial charge in [-0.15, -0.1) is 17.9 Å². The Balaban J connectivity index is 2.87. The van der Waals surface area contributed by atoms with Crippen molar-refractivity contribution in [2.45, 2.75) is 40.2 Å². The van der Waals surface area contributed by atoms with Crippen LogP contribution in [0.1, 0.15) is 41.9 Å². The maximum absolute atomic E-state index is 4.47. The second-order valence-electron chi connectivity index (χ2n) is 3.95. The van der Waals surface area contributed by atoms with Crippen LogP contribution in [0.4, 0.5) is 0 Å². The fraction of sp³-hybridized carbons (Fsp3) is 0.583. The molecule has 1 aromatic heterocycles. The molecule has 0 aliphatic rings. The lowest BCUT2D eigenvalue weighted by Gasteiger charge is -2.16. The zero-order valence-corrected chi connectivity index (χ0v) is 10.9. The van der Waals surface area contributed by atoms with Crippen LogP contribution in [-0.2, 0) is 0 Å². The van der Waals surface area contributed by atoms with E-state index >= 15 is 0 Å². The van der Waals surface area contributed by atoms with Gasteiger partial charge in [-0.1, -0.05) is 12.5 Å². The molecule has 1 N–H and O–H groups in total. The van der Waals surface area contributed by atoms with Crippen LogP contribution in [0.15, 0.2) is 12.2 Å². The smallest absolute Gasteiger partial charge is 0.0900 e. The molecule has 0 spiro atoms. The van der Waals surface area contributed by atoms with E-state index in [-0.39, 0.29) is 0 Å². The number of thiazole rings is 1. The molecule has 0 aromatic carbocycles. The predicted molar refractivity (Wildman–Crippen MR) is 67.4 cm³/mol. The number of nitrogens with zero attached hydrogens (tertiary/aromatic N) is 1. The molecule has 1 rings (SSSR count). The lowest BCUT2D eigenvalue weighted by molar-refractivity contribution is 0.553. The van der Waals surface area contributed by atoms with Crippen LogP contribution < -0.4 is 5.32 Å². The molecule has 1 unspecified atom stereocenters. The first kappa shape index (κ1) is 12.4. The third-order valence-electron chi connectivity index (χ3n) is 2.26. The highest BCUT2D eigenvalue weighted by Crippen LogP contribution is 2.28. The maximum atomic E-state index is 4.47. The highest BCUT2D eigenvalue weighted by Gasteiger charge is 2.16. The van der Waals surface area contributed by atoms with E-state index < -0.39 is 0 Å². The zero-order chi connectivity index (χ0) is 11.4. The summed E-state index contributed by atoms with van der Waals surface area (Å²) in [4.78, 5) is 5.83. The first-order chi connectivity index (χ1) is 7.04. The summed E-state index contributed by atoms with van der Waals surface area (Å²) in [5.41, 5.74) is 2.37. The Morgan fingerprint density at radius 1 is 1.53 bits per heavy atom. The van der Waals surface area contributed by atoms with Crippen LogP contribution in [0.25, 0.3) is 0 Å². The Morgan fingerprint density at radius 2 is 2.20 bits per heavy atom. The summed E-state index contributed by atoms with van der Waals surface area (Å²) in [6.45, 7) is 13.3. The average Bonchev–Trinajstić information content (AvgIpc) is 2.44. The summed E-state index contributed by atoms with van der Waals surface area (Å²) in [5.74, 6) is 0. The maximum Gasteiger partial charge on any atom is 0.0900 e. The molecule has 0 amide bonds. The molecule has 0 saturated heterocycles. The number of rotatable bonds is 5. The molecule has 2 nitrogen and oxygen atoms in total.